The molecule has 0 saturated carbocycles. The lowest BCUT2D eigenvalue weighted by atomic mass is 9.90. The van der Waals surface area contributed by atoms with Gasteiger partial charge in [0.15, 0.2) is 0 Å². The Morgan fingerprint density at radius 1 is 0.358 bits per heavy atom. The first-order valence-corrected chi connectivity index (χ1v) is 26.6. The van der Waals surface area contributed by atoms with E-state index in [4.69, 9.17) is 29.9 Å². The van der Waals surface area contributed by atoms with Crippen LogP contribution in [0, 0.1) is 121 Å². The van der Waals surface area contributed by atoms with Crippen LogP contribution >= 0.6 is 0 Å². The summed E-state index contributed by atoms with van der Waals surface area (Å²) in [6, 6.07) is 8.59. The molecule has 0 aliphatic heterocycles. The Bertz CT molecular complexity index is 5070. The summed E-state index contributed by atoms with van der Waals surface area (Å²) >= 11 is 0. The van der Waals surface area contributed by atoms with Crippen molar-refractivity contribution < 1.29 is 59.1 Å². The number of aromatic nitrogens is 6. The minimum Gasteiger partial charge on any atom is -0.259 e. The van der Waals surface area contributed by atoms with Gasteiger partial charge in [-0.15, -0.1) is 0 Å². The fourth-order valence-electron chi connectivity index (χ4n) is 10.2. The van der Waals surface area contributed by atoms with Gasteiger partial charge in [0, 0.05) is 88.9 Å². The number of rotatable bonds is 18. The van der Waals surface area contributed by atoms with Crippen LogP contribution in [0.3, 0.4) is 0 Å². The van der Waals surface area contributed by atoms with Crippen molar-refractivity contribution in [2.75, 3.05) is 0 Å². The third-order valence-corrected chi connectivity index (χ3v) is 14.3. The van der Waals surface area contributed by atoms with E-state index in [1.54, 1.807) is 0 Å². The first kappa shape index (κ1) is 65.1. The third kappa shape index (κ3) is 12.3. The normalized spacial score (nSPS) is 14.9. The van der Waals surface area contributed by atoms with Gasteiger partial charge >= 0.3 is 56.9 Å². The molecule has 0 amide bonds. The zero-order valence-corrected chi connectivity index (χ0v) is 47.6. The first-order chi connectivity index (χ1) is 45.0. The van der Waals surface area contributed by atoms with Gasteiger partial charge in [-0.25, -0.2) is 29.9 Å². The van der Waals surface area contributed by atoms with E-state index in [1.807, 2.05) is 13.8 Å². The Hall–Kier alpha value is -14.4. The summed E-state index contributed by atoms with van der Waals surface area (Å²) in [5.74, 6) is -1.48. The van der Waals surface area contributed by atoms with Crippen molar-refractivity contribution in [3.05, 3.63) is 259 Å². The predicted octanol–water partition coefficient (Wildman–Crippen LogP) is 11.2. The summed E-state index contributed by atoms with van der Waals surface area (Å²) in [6.07, 6.45) is 2.43. The van der Waals surface area contributed by atoms with Crippen molar-refractivity contribution in [1.29, 1.82) is 0 Å². The highest BCUT2D eigenvalue weighted by atomic mass is 16.7. The third-order valence-electron chi connectivity index (χ3n) is 14.3. The molecule has 2 aliphatic carbocycles. The topological polar surface area (TPSA) is 595 Å². The minimum atomic E-state index is -1.48. The summed E-state index contributed by atoms with van der Waals surface area (Å²) in [6.45, 7) is 4.00. The van der Waals surface area contributed by atoms with Crippen LogP contribution in [-0.4, -0.2) is 89.0 Å². The van der Waals surface area contributed by atoms with Crippen molar-refractivity contribution in [3.63, 3.8) is 0 Å². The second kappa shape index (κ2) is 25.6. The van der Waals surface area contributed by atoms with Crippen LogP contribution in [0.2, 0.25) is 0 Å². The molecule has 1 unspecified atom stereocenters. The van der Waals surface area contributed by atoms with Gasteiger partial charge in [-0.3, -0.25) is 121 Å². The molecule has 0 radical (unpaired) electrons. The number of hydrogen-bond donors (Lipinski definition) is 0. The van der Waals surface area contributed by atoms with Gasteiger partial charge < -0.3 is 0 Å². The first-order valence-electron chi connectivity index (χ1n) is 26.6. The zero-order valence-electron chi connectivity index (χ0n) is 47.6. The summed E-state index contributed by atoms with van der Waals surface area (Å²) in [4.78, 5) is 164. The molecule has 8 aromatic rings. The molecule has 0 spiro atoms. The summed E-state index contributed by atoms with van der Waals surface area (Å²) in [7, 11) is 0. The van der Waals surface area contributed by atoms with Gasteiger partial charge in [0.05, 0.1) is 93.2 Å². The fraction of sp³-hybridized carbons (Fsp3) is 0.132. The van der Waals surface area contributed by atoms with Gasteiger partial charge in [0.2, 0.25) is 0 Å². The van der Waals surface area contributed by atoms with E-state index < -0.39 is 236 Å². The highest BCUT2D eigenvalue weighted by molar-refractivity contribution is 6.20. The lowest BCUT2D eigenvalue weighted by molar-refractivity contribution is -0.463. The summed E-state index contributed by atoms with van der Waals surface area (Å²) < 4.78 is 0. The number of nitrogens with zero attached hydrogens (tertiary/aromatic N) is 18. The average molecular weight is 1300 g/mol. The summed E-state index contributed by atoms with van der Waals surface area (Å²) in [5, 5.41) is 149. The quantitative estimate of drug-likeness (QED) is 0.0437. The van der Waals surface area contributed by atoms with Gasteiger partial charge in [0.25, 0.3) is 11.4 Å². The van der Waals surface area contributed by atoms with Crippen LogP contribution in [0.15, 0.2) is 126 Å². The second-order valence-corrected chi connectivity index (χ2v) is 19.6. The monoisotopic (exact) mass is 1300 g/mol. The largest absolute Gasteiger partial charge is 0.346 e. The Morgan fingerprint density at radius 2 is 0.674 bits per heavy atom. The van der Waals surface area contributed by atoms with E-state index >= 15 is 0 Å². The van der Waals surface area contributed by atoms with Crippen LogP contribution in [0.5, 0.6) is 0 Å². The van der Waals surface area contributed by atoms with Crippen molar-refractivity contribution in [2.45, 2.75) is 45.4 Å². The molecule has 1 atom stereocenters. The maximum absolute atomic E-state index is 12.8. The van der Waals surface area contributed by atoms with Crippen LogP contribution in [0.25, 0.3) is 83.7 Å². The molecule has 0 N–H and O–H groups in total. The van der Waals surface area contributed by atoms with E-state index in [0.717, 1.165) is 48.6 Å². The van der Waals surface area contributed by atoms with Crippen LogP contribution < -0.4 is 0 Å². The van der Waals surface area contributed by atoms with Crippen LogP contribution in [0.4, 0.5) is 45.5 Å². The van der Waals surface area contributed by atoms with Crippen molar-refractivity contribution in [3.8, 4) is 45.0 Å². The number of nitro groups is 12. The van der Waals surface area contributed by atoms with Gasteiger partial charge in [0.1, 0.15) is 39.5 Å². The van der Waals surface area contributed by atoms with Crippen LogP contribution in [0.1, 0.15) is 56.8 Å². The van der Waals surface area contributed by atoms with Crippen molar-refractivity contribution in [2.24, 2.45) is 0 Å². The predicted molar refractivity (Wildman–Crippen MR) is 322 cm³/mol. The number of fused-ring (bicyclic) bond motifs is 6. The zero-order chi connectivity index (χ0) is 69.3. The number of hydrogen-bond acceptors (Lipinski definition) is 30. The minimum absolute atomic E-state index is 0.280. The number of allylic oxidation sites excluding steroid dienone is 6. The maximum Gasteiger partial charge on any atom is 0.346 e. The molecule has 2 aliphatic rings. The molecule has 0 bridgehead atoms. The Labute approximate surface area is 521 Å². The molecule has 478 valence electrons. The summed E-state index contributed by atoms with van der Waals surface area (Å²) in [5.41, 5.74) is -22.6. The molecular weight excluding hydrogens is 1270 g/mol. The standard InChI is InChI=1S/C51H26N18O24.C2H6/c70-58(71)28-5-1-3-22(15-29(21-28)59(72)73)40-41(23-4-2-6-30(60(74)75)35(16-23)65(84)85)53-47-46(52-40)48-50(56-44(26-9-13-33(63(80)81)38(19-26)68(90)91)42(54-48)24-7-11-31(61(76)77)36(17-24)66(86)87)51-49(47)55-43(25-8-12-32(62(78)79)37(18-25)67(88)89)45(57-51)27-10-14-34(64(82)83)39(20-27)69(92)93;1-2/h2,5-20,22H,1,3-4,21H2;1-2H3/b28-5+,29-15+;. The number of nitro benzene ring substituents is 8. The fourth-order valence-corrected chi connectivity index (χ4v) is 10.2. The molecule has 0 saturated heterocycles. The molecule has 42 nitrogen and oxygen atoms in total. The van der Waals surface area contributed by atoms with E-state index in [-0.39, 0.29) is 18.4 Å². The van der Waals surface area contributed by atoms with E-state index in [0.29, 0.717) is 54.6 Å². The van der Waals surface area contributed by atoms with Gasteiger partial charge in [-0.1, -0.05) is 19.9 Å². The highest BCUT2D eigenvalue weighted by Gasteiger charge is 2.37. The lowest BCUT2D eigenvalue weighted by Crippen LogP contribution is -2.14. The van der Waals surface area contributed by atoms with Crippen molar-refractivity contribution >= 4 is 84.2 Å². The Morgan fingerprint density at radius 3 is 0.979 bits per heavy atom. The van der Waals surface area contributed by atoms with Crippen LogP contribution in [-0.2, 0) is 0 Å². The molecular formula is C53H32N18O24. The molecule has 42 heteroatoms. The maximum atomic E-state index is 12.8. The smallest absolute Gasteiger partial charge is 0.259 e. The lowest BCUT2D eigenvalue weighted by Gasteiger charge is -2.20. The molecule has 0 fully saturated rings. The highest BCUT2D eigenvalue weighted by Crippen LogP contribution is 2.46. The Balaban J connectivity index is 0.00000525. The van der Waals surface area contributed by atoms with E-state index in [1.165, 1.54) is 0 Å². The van der Waals surface area contributed by atoms with Gasteiger partial charge in [-0.2, -0.15) is 0 Å². The second-order valence-electron chi connectivity index (χ2n) is 19.6. The van der Waals surface area contributed by atoms with E-state index in [2.05, 4.69) is 0 Å². The molecule has 95 heavy (non-hydrogen) atoms. The van der Waals surface area contributed by atoms with E-state index in [9.17, 15) is 121 Å². The van der Waals surface area contributed by atoms with Gasteiger partial charge in [-0.05, 0) is 61.3 Å². The van der Waals surface area contributed by atoms with Crippen molar-refractivity contribution in [1.82, 2.24) is 29.9 Å². The number of benzene rings is 5. The molecule has 3 heterocycles. The molecule has 5 aromatic carbocycles. The average Bonchev–Trinajstić information content (AvgIpc) is 0.765. The molecule has 10 rings (SSSR count). The molecule has 3 aromatic heterocycles. The SMILES string of the molecule is CC.O=[N+]([O-])C1=C([N+](=O)[O-])C=C(c2nc3c4nc(-c5ccc([N+](=O)[O-])c([N+](=O)[O-])c5)c(-c5ccc([N+](=O)[O-])c([N+](=O)[O-])c5)nc4c4nc(-c5ccc([N+](=O)[O-])c([N+](=O)[O-])c5)c(-c5ccc([N+](=O)[O-])c([N+](=O)[O-])c5)nc4c3nc2C2/C=C(/[N+](=O)[O-])C/C([N+](=O)[O-])=C\CC2)CC=C1. The Kier molecular flexibility index (Phi) is 17.5.